The minimum Gasteiger partial charge on any atom is -0.301 e. The number of hydrogen-bond acceptors (Lipinski definition) is 2. The van der Waals surface area contributed by atoms with Gasteiger partial charge in [0.15, 0.2) is 0 Å². The number of ketones is 1. The Kier molecular flexibility index (Phi) is 1.86. The molecule has 0 saturated carbocycles. The first-order chi connectivity index (χ1) is 4.20. The van der Waals surface area contributed by atoms with E-state index in [9.17, 15) is 4.79 Å². The summed E-state index contributed by atoms with van der Waals surface area (Å²) in [4.78, 5) is 12.7. The van der Waals surface area contributed by atoms with Gasteiger partial charge in [-0.2, -0.15) is 0 Å². The molecule has 52 valence electrons. The third-order valence-corrected chi connectivity index (χ3v) is 1.82. The molecule has 2 atom stereocenters. The van der Waals surface area contributed by atoms with Gasteiger partial charge in [-0.25, -0.2) is 0 Å². The third-order valence-electron chi connectivity index (χ3n) is 1.82. The average Bonchev–Trinajstić information content (AvgIpc) is 2.42. The second kappa shape index (κ2) is 2.48. The summed E-state index contributed by atoms with van der Waals surface area (Å²) in [5.41, 5.74) is 0. The normalized spacial score (nSPS) is 32.2. The predicted octanol–water partition coefficient (Wildman–Crippen LogP) is 0.670. The van der Waals surface area contributed by atoms with Crippen molar-refractivity contribution >= 4 is 5.78 Å². The second-order valence-corrected chi connectivity index (χ2v) is 2.83. The summed E-state index contributed by atoms with van der Waals surface area (Å²) in [6.45, 7) is 2.84. The Morgan fingerprint density at radius 2 is 2.33 bits per heavy atom. The summed E-state index contributed by atoms with van der Waals surface area (Å²) >= 11 is 0. The van der Waals surface area contributed by atoms with Gasteiger partial charge in [0.1, 0.15) is 5.78 Å². The van der Waals surface area contributed by atoms with Crippen molar-refractivity contribution in [1.82, 2.24) is 4.90 Å². The Hall–Kier alpha value is -0.370. The van der Waals surface area contributed by atoms with Crippen LogP contribution in [0.1, 0.15) is 19.8 Å². The SMILES string of the molecule is CC(=O)CCC1CN1C. The molecular formula is C7H13NO. The highest BCUT2D eigenvalue weighted by Crippen LogP contribution is 2.18. The molecule has 0 amide bonds. The van der Waals surface area contributed by atoms with Crippen LogP contribution in [-0.2, 0) is 4.79 Å². The van der Waals surface area contributed by atoms with Crippen molar-refractivity contribution in [3.8, 4) is 0 Å². The number of rotatable bonds is 3. The predicted molar refractivity (Wildman–Crippen MR) is 36.3 cm³/mol. The van der Waals surface area contributed by atoms with Crippen molar-refractivity contribution in [2.24, 2.45) is 0 Å². The Labute approximate surface area is 55.8 Å². The van der Waals surface area contributed by atoms with Crippen LogP contribution < -0.4 is 0 Å². The van der Waals surface area contributed by atoms with Crippen molar-refractivity contribution in [2.75, 3.05) is 13.6 Å². The van der Waals surface area contributed by atoms with Crippen LogP contribution >= 0.6 is 0 Å². The number of hydrogen-bond donors (Lipinski definition) is 0. The molecule has 0 aromatic carbocycles. The Morgan fingerprint density at radius 3 is 2.67 bits per heavy atom. The molecule has 2 heteroatoms. The number of carbonyl (C=O) groups excluding carboxylic acids is 1. The topological polar surface area (TPSA) is 20.1 Å². The molecule has 1 heterocycles. The maximum atomic E-state index is 10.5. The van der Waals surface area contributed by atoms with Gasteiger partial charge >= 0.3 is 0 Å². The first-order valence-electron chi connectivity index (χ1n) is 3.40. The lowest BCUT2D eigenvalue weighted by Gasteiger charge is -1.92. The maximum absolute atomic E-state index is 10.5. The number of nitrogens with zero attached hydrogens (tertiary/aromatic N) is 1. The lowest BCUT2D eigenvalue weighted by Crippen LogP contribution is -1.97. The van der Waals surface area contributed by atoms with E-state index in [-0.39, 0.29) is 0 Å². The lowest BCUT2D eigenvalue weighted by molar-refractivity contribution is -0.117. The highest BCUT2D eigenvalue weighted by molar-refractivity contribution is 5.75. The lowest BCUT2D eigenvalue weighted by atomic mass is 10.2. The molecule has 9 heavy (non-hydrogen) atoms. The van der Waals surface area contributed by atoms with Gasteiger partial charge in [-0.1, -0.05) is 0 Å². The fourth-order valence-corrected chi connectivity index (χ4v) is 0.967. The Balaban J connectivity index is 2.00. The van der Waals surface area contributed by atoms with Crippen molar-refractivity contribution in [3.63, 3.8) is 0 Å². The summed E-state index contributed by atoms with van der Waals surface area (Å²) in [6, 6.07) is 0.717. The van der Waals surface area contributed by atoms with E-state index in [4.69, 9.17) is 0 Å². The van der Waals surface area contributed by atoms with Crippen molar-refractivity contribution in [1.29, 1.82) is 0 Å². The highest BCUT2D eigenvalue weighted by Gasteiger charge is 2.28. The molecule has 0 radical (unpaired) electrons. The molecule has 0 aliphatic carbocycles. The van der Waals surface area contributed by atoms with Crippen molar-refractivity contribution < 1.29 is 4.79 Å². The maximum Gasteiger partial charge on any atom is 0.129 e. The van der Waals surface area contributed by atoms with Gasteiger partial charge in [-0.3, -0.25) is 0 Å². The minimum atomic E-state index is 0.315. The van der Waals surface area contributed by atoms with Gasteiger partial charge < -0.3 is 9.69 Å². The molecule has 1 saturated heterocycles. The summed E-state index contributed by atoms with van der Waals surface area (Å²) in [5.74, 6) is 0.315. The van der Waals surface area contributed by atoms with Gasteiger partial charge in [-0.05, 0) is 20.4 Å². The quantitative estimate of drug-likeness (QED) is 0.519. The number of Topliss-reactive ketones (excluding diaryl/α,β-unsaturated/α-hetero) is 1. The van der Waals surface area contributed by atoms with E-state index in [2.05, 4.69) is 11.9 Å². The van der Waals surface area contributed by atoms with Crippen LogP contribution in [0.3, 0.4) is 0 Å². The molecule has 1 aliphatic rings. The first-order valence-corrected chi connectivity index (χ1v) is 3.40. The molecule has 0 bridgehead atoms. The monoisotopic (exact) mass is 127 g/mol. The summed E-state index contributed by atoms with van der Waals surface area (Å²) < 4.78 is 0. The number of likely N-dealkylation sites (N-methyl/N-ethyl adjacent to an activating group) is 1. The van der Waals surface area contributed by atoms with Crippen LogP contribution in [0.25, 0.3) is 0 Å². The molecule has 1 aliphatic heterocycles. The Morgan fingerprint density at radius 1 is 1.78 bits per heavy atom. The van der Waals surface area contributed by atoms with Crippen LogP contribution in [0.2, 0.25) is 0 Å². The molecular weight excluding hydrogens is 114 g/mol. The van der Waals surface area contributed by atoms with E-state index in [0.717, 1.165) is 12.8 Å². The zero-order valence-corrected chi connectivity index (χ0v) is 6.05. The minimum absolute atomic E-state index is 0.315. The van der Waals surface area contributed by atoms with E-state index in [1.807, 2.05) is 0 Å². The van der Waals surface area contributed by atoms with Gasteiger partial charge in [0, 0.05) is 19.0 Å². The Bertz CT molecular complexity index is 122. The second-order valence-electron chi connectivity index (χ2n) is 2.83. The van der Waals surface area contributed by atoms with Crippen LogP contribution in [-0.4, -0.2) is 30.3 Å². The summed E-state index contributed by atoms with van der Waals surface area (Å²) in [5, 5.41) is 0. The molecule has 0 aromatic rings. The van der Waals surface area contributed by atoms with Crippen molar-refractivity contribution in [2.45, 2.75) is 25.8 Å². The first kappa shape index (κ1) is 6.75. The van der Waals surface area contributed by atoms with Gasteiger partial charge in [0.2, 0.25) is 0 Å². The molecule has 0 spiro atoms. The van der Waals surface area contributed by atoms with Crippen LogP contribution in [0, 0.1) is 0 Å². The van der Waals surface area contributed by atoms with E-state index < -0.39 is 0 Å². The average molecular weight is 127 g/mol. The van der Waals surface area contributed by atoms with Crippen LogP contribution in [0.15, 0.2) is 0 Å². The van der Waals surface area contributed by atoms with Gasteiger partial charge in [0.05, 0.1) is 0 Å². The number of carbonyl (C=O) groups is 1. The third kappa shape index (κ3) is 2.14. The van der Waals surface area contributed by atoms with E-state index in [0.29, 0.717) is 11.8 Å². The molecule has 0 N–H and O–H groups in total. The van der Waals surface area contributed by atoms with E-state index in [1.54, 1.807) is 6.92 Å². The van der Waals surface area contributed by atoms with Gasteiger partial charge in [0.25, 0.3) is 0 Å². The van der Waals surface area contributed by atoms with Crippen molar-refractivity contribution in [3.05, 3.63) is 0 Å². The fourth-order valence-electron chi connectivity index (χ4n) is 0.967. The zero-order chi connectivity index (χ0) is 6.85. The standard InChI is InChI=1S/C7H13NO/c1-6(9)3-4-7-5-8(7)2/h7H,3-5H2,1-2H3. The summed E-state index contributed by atoms with van der Waals surface area (Å²) in [6.07, 6.45) is 1.82. The molecule has 2 unspecified atom stereocenters. The highest BCUT2D eigenvalue weighted by atomic mass is 16.1. The zero-order valence-electron chi connectivity index (χ0n) is 6.05. The smallest absolute Gasteiger partial charge is 0.129 e. The molecule has 1 rings (SSSR count). The van der Waals surface area contributed by atoms with Crippen LogP contribution in [0.4, 0.5) is 0 Å². The fraction of sp³-hybridized carbons (Fsp3) is 0.857. The van der Waals surface area contributed by atoms with E-state index >= 15 is 0 Å². The summed E-state index contributed by atoms with van der Waals surface area (Å²) in [7, 11) is 2.09. The largest absolute Gasteiger partial charge is 0.301 e. The van der Waals surface area contributed by atoms with Gasteiger partial charge in [-0.15, -0.1) is 0 Å². The molecule has 1 fully saturated rings. The van der Waals surface area contributed by atoms with E-state index in [1.165, 1.54) is 6.54 Å². The van der Waals surface area contributed by atoms with Crippen LogP contribution in [0.5, 0.6) is 0 Å². The molecule has 2 nitrogen and oxygen atoms in total. The molecule has 0 aromatic heterocycles.